The molecule has 1 rings (SSSR count). The molecular formula is C23H36O5. The molecule has 5 heteroatoms. The topological polar surface area (TPSA) is 72.8 Å². The molecule has 0 spiro atoms. The molecular weight excluding hydrogens is 356 g/mol. The molecule has 0 aromatic heterocycles. The fraction of sp³-hybridized carbons (Fsp3) is 0.652. The van der Waals surface area contributed by atoms with Crippen molar-refractivity contribution in [3.05, 3.63) is 35.4 Å². The van der Waals surface area contributed by atoms with Crippen molar-refractivity contribution in [1.82, 2.24) is 0 Å². The molecule has 1 aromatic carbocycles. The SMILES string of the molecule is CCC(Cc1ccc(CC(=O)COC(C)(C)C)cc1)CC(C)C(=O)OCCO. The molecule has 0 aliphatic rings. The second kappa shape index (κ2) is 12.0. The van der Waals surface area contributed by atoms with E-state index in [2.05, 4.69) is 19.1 Å². The van der Waals surface area contributed by atoms with Gasteiger partial charge in [-0.25, -0.2) is 0 Å². The maximum Gasteiger partial charge on any atom is 0.308 e. The lowest BCUT2D eigenvalue weighted by atomic mass is 9.88. The number of ether oxygens (including phenoxy) is 2. The molecule has 0 radical (unpaired) electrons. The van der Waals surface area contributed by atoms with Gasteiger partial charge in [0.15, 0.2) is 5.78 Å². The largest absolute Gasteiger partial charge is 0.463 e. The molecule has 0 aliphatic carbocycles. The van der Waals surface area contributed by atoms with Crippen LogP contribution in [-0.4, -0.2) is 42.3 Å². The molecule has 2 atom stereocenters. The van der Waals surface area contributed by atoms with E-state index >= 15 is 0 Å². The van der Waals surface area contributed by atoms with E-state index in [4.69, 9.17) is 14.6 Å². The van der Waals surface area contributed by atoms with E-state index in [0.29, 0.717) is 12.3 Å². The Labute approximate surface area is 169 Å². The Bertz CT molecular complexity index is 600. The van der Waals surface area contributed by atoms with Gasteiger partial charge in [0, 0.05) is 6.42 Å². The van der Waals surface area contributed by atoms with Crippen LogP contribution in [0.15, 0.2) is 24.3 Å². The second-order valence-electron chi connectivity index (χ2n) is 8.44. The van der Waals surface area contributed by atoms with Gasteiger partial charge in [0.2, 0.25) is 0 Å². The van der Waals surface area contributed by atoms with Crippen molar-refractivity contribution >= 4 is 11.8 Å². The number of aliphatic hydroxyl groups excluding tert-OH is 1. The first kappa shape index (κ1) is 24.3. The molecule has 28 heavy (non-hydrogen) atoms. The first-order valence-electron chi connectivity index (χ1n) is 10.2. The average Bonchev–Trinajstić information content (AvgIpc) is 2.64. The minimum Gasteiger partial charge on any atom is -0.463 e. The summed E-state index contributed by atoms with van der Waals surface area (Å²) in [6, 6.07) is 8.11. The maximum absolute atomic E-state index is 12.0. The van der Waals surface area contributed by atoms with Crippen molar-refractivity contribution in [3.8, 4) is 0 Å². The van der Waals surface area contributed by atoms with Crippen molar-refractivity contribution in [2.45, 2.75) is 65.9 Å². The fourth-order valence-corrected chi connectivity index (χ4v) is 2.98. The van der Waals surface area contributed by atoms with Crippen LogP contribution in [0.4, 0.5) is 0 Å². The summed E-state index contributed by atoms with van der Waals surface area (Å²) < 4.78 is 10.5. The third-order valence-corrected chi connectivity index (χ3v) is 4.62. The number of ketones is 1. The zero-order valence-electron chi connectivity index (χ0n) is 18.0. The summed E-state index contributed by atoms with van der Waals surface area (Å²) in [5.74, 6) is 0.0173. The zero-order valence-corrected chi connectivity index (χ0v) is 18.0. The van der Waals surface area contributed by atoms with Crippen LogP contribution in [0.1, 0.15) is 58.6 Å². The van der Waals surface area contributed by atoms with Crippen LogP contribution < -0.4 is 0 Å². The van der Waals surface area contributed by atoms with Gasteiger partial charge in [0.05, 0.1) is 18.1 Å². The average molecular weight is 393 g/mol. The Balaban J connectivity index is 2.53. The van der Waals surface area contributed by atoms with Crippen LogP contribution in [0.2, 0.25) is 0 Å². The summed E-state index contributed by atoms with van der Waals surface area (Å²) in [5, 5.41) is 8.76. The second-order valence-corrected chi connectivity index (χ2v) is 8.44. The Morgan fingerprint density at radius 2 is 1.71 bits per heavy atom. The van der Waals surface area contributed by atoms with Gasteiger partial charge in [-0.2, -0.15) is 0 Å². The third-order valence-electron chi connectivity index (χ3n) is 4.62. The van der Waals surface area contributed by atoms with Crippen molar-refractivity contribution in [2.24, 2.45) is 11.8 Å². The van der Waals surface area contributed by atoms with Gasteiger partial charge in [0.1, 0.15) is 13.2 Å². The van der Waals surface area contributed by atoms with Gasteiger partial charge in [-0.05, 0) is 50.7 Å². The van der Waals surface area contributed by atoms with E-state index in [1.807, 2.05) is 39.8 Å². The van der Waals surface area contributed by atoms with Crippen LogP contribution in [0.25, 0.3) is 0 Å². The summed E-state index contributed by atoms with van der Waals surface area (Å²) in [6.07, 6.45) is 2.99. The monoisotopic (exact) mass is 392 g/mol. The number of hydrogen-bond acceptors (Lipinski definition) is 5. The fourth-order valence-electron chi connectivity index (χ4n) is 2.98. The molecule has 0 heterocycles. The number of carbonyl (C=O) groups is 2. The molecule has 158 valence electrons. The minimum atomic E-state index is -0.309. The Morgan fingerprint density at radius 3 is 2.25 bits per heavy atom. The summed E-state index contributed by atoms with van der Waals surface area (Å²) in [6.45, 7) is 9.85. The van der Waals surface area contributed by atoms with Gasteiger partial charge in [-0.1, -0.05) is 44.5 Å². The van der Waals surface area contributed by atoms with Crippen molar-refractivity contribution in [2.75, 3.05) is 19.8 Å². The standard InChI is InChI=1S/C23H36O5/c1-6-18(13-17(2)22(26)27-12-11-24)14-19-7-9-20(10-8-19)15-21(25)16-28-23(3,4)5/h7-10,17-18,24H,6,11-16H2,1-5H3. The van der Waals surface area contributed by atoms with Crippen molar-refractivity contribution < 1.29 is 24.2 Å². The first-order valence-corrected chi connectivity index (χ1v) is 10.2. The maximum atomic E-state index is 12.0. The summed E-state index contributed by atoms with van der Waals surface area (Å²) in [4.78, 5) is 23.9. The van der Waals surface area contributed by atoms with Gasteiger partial charge in [-0.3, -0.25) is 9.59 Å². The van der Waals surface area contributed by atoms with Gasteiger partial charge in [-0.15, -0.1) is 0 Å². The van der Waals surface area contributed by atoms with E-state index < -0.39 is 0 Å². The predicted molar refractivity (Wildman–Crippen MR) is 110 cm³/mol. The number of aliphatic hydroxyl groups is 1. The Kier molecular flexibility index (Phi) is 10.4. The predicted octanol–water partition coefficient (Wildman–Crippen LogP) is 3.74. The highest BCUT2D eigenvalue weighted by Gasteiger charge is 2.19. The number of rotatable bonds is 12. The van der Waals surface area contributed by atoms with Crippen LogP contribution in [0.3, 0.4) is 0 Å². The number of carbonyl (C=O) groups excluding carboxylic acids is 2. The molecule has 0 bridgehead atoms. The van der Waals surface area contributed by atoms with Crippen molar-refractivity contribution in [1.29, 1.82) is 0 Å². The smallest absolute Gasteiger partial charge is 0.308 e. The molecule has 1 N–H and O–H groups in total. The summed E-state index contributed by atoms with van der Waals surface area (Å²) in [7, 11) is 0. The highest BCUT2D eigenvalue weighted by molar-refractivity contribution is 5.82. The van der Waals surface area contributed by atoms with Crippen molar-refractivity contribution in [3.63, 3.8) is 0 Å². The molecule has 0 aliphatic heterocycles. The van der Waals surface area contributed by atoms with E-state index in [9.17, 15) is 9.59 Å². The number of hydrogen-bond donors (Lipinski definition) is 1. The van der Waals surface area contributed by atoms with Gasteiger partial charge >= 0.3 is 5.97 Å². The molecule has 0 amide bonds. The summed E-state index contributed by atoms with van der Waals surface area (Å²) >= 11 is 0. The van der Waals surface area contributed by atoms with Crippen LogP contribution in [0.5, 0.6) is 0 Å². The molecule has 5 nitrogen and oxygen atoms in total. The Morgan fingerprint density at radius 1 is 1.11 bits per heavy atom. The highest BCUT2D eigenvalue weighted by atomic mass is 16.5. The van der Waals surface area contributed by atoms with E-state index in [-0.39, 0.29) is 43.1 Å². The molecule has 0 saturated heterocycles. The zero-order chi connectivity index (χ0) is 21.2. The quantitative estimate of drug-likeness (QED) is 0.549. The lowest BCUT2D eigenvalue weighted by molar-refractivity contribution is -0.149. The lowest BCUT2D eigenvalue weighted by Crippen LogP contribution is -2.24. The van der Waals surface area contributed by atoms with Gasteiger partial charge < -0.3 is 14.6 Å². The van der Waals surface area contributed by atoms with Crippen LogP contribution >= 0.6 is 0 Å². The number of benzene rings is 1. The Hall–Kier alpha value is -1.72. The third kappa shape index (κ3) is 10.00. The van der Waals surface area contributed by atoms with Crippen LogP contribution in [-0.2, 0) is 31.9 Å². The molecule has 0 fully saturated rings. The first-order chi connectivity index (χ1) is 13.1. The summed E-state index contributed by atoms with van der Waals surface area (Å²) in [5.41, 5.74) is 1.88. The molecule has 2 unspecified atom stereocenters. The van der Waals surface area contributed by atoms with E-state index in [1.54, 1.807) is 0 Å². The van der Waals surface area contributed by atoms with E-state index in [1.165, 1.54) is 5.56 Å². The van der Waals surface area contributed by atoms with Crippen LogP contribution in [0, 0.1) is 11.8 Å². The lowest BCUT2D eigenvalue weighted by Gasteiger charge is -2.19. The minimum absolute atomic E-state index is 0.0565. The van der Waals surface area contributed by atoms with Gasteiger partial charge in [0.25, 0.3) is 0 Å². The number of esters is 1. The normalized spacial score (nSPS) is 13.8. The highest BCUT2D eigenvalue weighted by Crippen LogP contribution is 2.22. The molecule has 0 saturated carbocycles. The number of Topliss-reactive ketones (excluding diaryl/α,β-unsaturated/α-hetero) is 1. The molecule has 1 aromatic rings. The van der Waals surface area contributed by atoms with E-state index in [0.717, 1.165) is 24.8 Å².